The average Bonchev–Trinajstić information content (AvgIpc) is 2.71. The summed E-state index contributed by atoms with van der Waals surface area (Å²) in [6.07, 6.45) is 2.67. The molecule has 32 heavy (non-hydrogen) atoms. The highest BCUT2D eigenvalue weighted by Crippen LogP contribution is 2.43. The number of amides is 2. The summed E-state index contributed by atoms with van der Waals surface area (Å²) in [4.78, 5) is 29.6. The lowest BCUT2D eigenvalue weighted by molar-refractivity contribution is -0.122. The molecule has 4 rings (SSSR count). The van der Waals surface area contributed by atoms with Gasteiger partial charge in [0.25, 0.3) is 11.8 Å². The van der Waals surface area contributed by atoms with E-state index in [1.165, 1.54) is 16.2 Å². The second-order valence-electron chi connectivity index (χ2n) is 8.92. The molecule has 2 heterocycles. The summed E-state index contributed by atoms with van der Waals surface area (Å²) in [5, 5.41) is 3.14. The number of carbonyl (C=O) groups excluding carboxylic acids is 2. The largest absolute Gasteiger partial charge is 0.366 e. The van der Waals surface area contributed by atoms with Crippen molar-refractivity contribution in [3.63, 3.8) is 0 Å². The quantitative estimate of drug-likeness (QED) is 0.379. The summed E-state index contributed by atoms with van der Waals surface area (Å²) in [6.45, 7) is 9.84. The van der Waals surface area contributed by atoms with Crippen LogP contribution in [0.25, 0.3) is 6.08 Å². The number of benzene rings is 2. The number of nitrogens with zero attached hydrogens (tertiary/aromatic N) is 2. The molecule has 0 radical (unpaired) electrons. The number of halogens is 1. The van der Waals surface area contributed by atoms with E-state index in [4.69, 9.17) is 23.8 Å². The smallest absolute Gasteiger partial charge is 0.270 e. The minimum Gasteiger partial charge on any atom is -0.366 e. The van der Waals surface area contributed by atoms with Crippen molar-refractivity contribution < 1.29 is 9.59 Å². The summed E-state index contributed by atoms with van der Waals surface area (Å²) in [5.74, 6) is -0.601. The molecule has 1 saturated heterocycles. The van der Waals surface area contributed by atoms with Crippen molar-refractivity contribution in [1.29, 1.82) is 0 Å². The van der Waals surface area contributed by atoms with E-state index < -0.39 is 11.8 Å². The van der Waals surface area contributed by atoms with Crippen LogP contribution in [0.1, 0.15) is 51.2 Å². The van der Waals surface area contributed by atoms with Crippen molar-refractivity contribution in [2.24, 2.45) is 0 Å². The first-order valence-electron chi connectivity index (χ1n) is 10.7. The summed E-state index contributed by atoms with van der Waals surface area (Å²) >= 11 is 11.4. The number of fused-ring (bicyclic) bond motifs is 1. The molecule has 2 aromatic carbocycles. The van der Waals surface area contributed by atoms with Gasteiger partial charge in [-0.15, -0.1) is 0 Å². The fraction of sp³-hybridized carbons (Fsp3) is 0.320. The van der Waals surface area contributed by atoms with E-state index in [1.54, 1.807) is 30.3 Å². The monoisotopic (exact) mass is 467 g/mol. The van der Waals surface area contributed by atoms with Crippen LogP contribution in [0.2, 0.25) is 5.02 Å². The predicted molar refractivity (Wildman–Crippen MR) is 134 cm³/mol. The maximum Gasteiger partial charge on any atom is 0.270 e. The molecule has 166 valence electrons. The normalized spacial score (nSPS) is 21.6. The molecule has 0 spiro atoms. The average molecular weight is 468 g/mol. The molecule has 0 saturated carbocycles. The van der Waals surface area contributed by atoms with Gasteiger partial charge < -0.3 is 4.90 Å². The number of anilines is 2. The van der Waals surface area contributed by atoms with Crippen LogP contribution in [-0.2, 0) is 9.59 Å². The Balaban J connectivity index is 1.73. The zero-order valence-electron chi connectivity index (χ0n) is 18.6. The summed E-state index contributed by atoms with van der Waals surface area (Å²) in [6, 6.07) is 13.0. The molecule has 1 N–H and O–H groups in total. The molecule has 5 nitrogen and oxygen atoms in total. The minimum absolute atomic E-state index is 0.0367. The maximum absolute atomic E-state index is 13.3. The van der Waals surface area contributed by atoms with Gasteiger partial charge in [0.1, 0.15) is 5.57 Å². The lowest BCUT2D eigenvalue weighted by atomic mass is 9.79. The Bertz CT molecular complexity index is 1160. The Morgan fingerprint density at radius 3 is 2.66 bits per heavy atom. The number of thiocarbonyl (C=S) groups is 1. The van der Waals surface area contributed by atoms with E-state index in [1.807, 2.05) is 6.07 Å². The number of hydrogen-bond donors (Lipinski definition) is 1. The molecule has 2 aliphatic rings. The van der Waals surface area contributed by atoms with Gasteiger partial charge in [0.05, 0.1) is 5.69 Å². The van der Waals surface area contributed by atoms with E-state index in [0.29, 0.717) is 16.6 Å². The fourth-order valence-electron chi connectivity index (χ4n) is 4.87. The third-order valence-corrected chi connectivity index (χ3v) is 6.72. The van der Waals surface area contributed by atoms with Crippen molar-refractivity contribution in [3.05, 3.63) is 64.2 Å². The van der Waals surface area contributed by atoms with E-state index >= 15 is 0 Å². The van der Waals surface area contributed by atoms with Gasteiger partial charge in [-0.25, -0.2) is 0 Å². The lowest BCUT2D eigenvalue weighted by Crippen LogP contribution is -2.54. The van der Waals surface area contributed by atoms with Crippen LogP contribution in [0.3, 0.4) is 0 Å². The summed E-state index contributed by atoms with van der Waals surface area (Å²) in [7, 11) is 0. The Kier molecular flexibility index (Phi) is 5.86. The number of hydrogen-bond acceptors (Lipinski definition) is 4. The van der Waals surface area contributed by atoms with Crippen molar-refractivity contribution >= 4 is 58.2 Å². The van der Waals surface area contributed by atoms with Gasteiger partial charge in [-0.2, -0.15) is 0 Å². The van der Waals surface area contributed by atoms with Gasteiger partial charge in [-0.3, -0.25) is 19.8 Å². The van der Waals surface area contributed by atoms with Crippen molar-refractivity contribution in [2.45, 2.75) is 45.6 Å². The number of nitrogens with one attached hydrogen (secondary N) is 1. The molecular weight excluding hydrogens is 442 g/mol. The first-order chi connectivity index (χ1) is 15.1. The van der Waals surface area contributed by atoms with Crippen molar-refractivity contribution in [2.75, 3.05) is 16.3 Å². The molecular formula is C25H26ClN3O2S. The highest BCUT2D eigenvalue weighted by Gasteiger charge is 2.36. The molecule has 1 atom stereocenters. The van der Waals surface area contributed by atoms with Gasteiger partial charge in [0.2, 0.25) is 0 Å². The number of rotatable bonds is 3. The molecule has 2 aromatic rings. The van der Waals surface area contributed by atoms with Crippen LogP contribution in [0.5, 0.6) is 0 Å². The second kappa shape index (κ2) is 8.34. The molecule has 1 fully saturated rings. The highest BCUT2D eigenvalue weighted by atomic mass is 35.5. The molecule has 7 heteroatoms. The molecule has 2 amide bonds. The third kappa shape index (κ3) is 3.93. The fourth-order valence-corrected chi connectivity index (χ4v) is 5.34. The van der Waals surface area contributed by atoms with Crippen LogP contribution in [0.15, 0.2) is 48.0 Å². The highest BCUT2D eigenvalue weighted by molar-refractivity contribution is 7.80. The molecule has 0 aliphatic carbocycles. The van der Waals surface area contributed by atoms with E-state index in [9.17, 15) is 9.59 Å². The number of carbonyl (C=O) groups is 2. The van der Waals surface area contributed by atoms with Crippen LogP contribution < -0.4 is 15.1 Å². The summed E-state index contributed by atoms with van der Waals surface area (Å²) < 4.78 is 0. The third-order valence-electron chi connectivity index (χ3n) is 6.21. The van der Waals surface area contributed by atoms with Crippen LogP contribution in [-0.4, -0.2) is 29.0 Å². The standard InChI is InChI=1S/C25H26ClN3O2S/c1-5-28-21-10-9-16(11-19(21)15(2)14-25(28,3)4)12-20-22(30)27-24(32)29(23(20)31)18-8-6-7-17(26)13-18/h6-13,15H,5,14H2,1-4H3,(H,27,30,32)/b20-12-. The summed E-state index contributed by atoms with van der Waals surface area (Å²) in [5.41, 5.74) is 3.87. The molecule has 0 aromatic heterocycles. The Labute approximate surface area is 199 Å². The SMILES string of the molecule is CCN1c2ccc(/C=C3/C(=O)NC(=S)N(c4cccc(Cl)c4)C3=O)cc2C(C)CC1(C)C. The van der Waals surface area contributed by atoms with Crippen LogP contribution in [0, 0.1) is 0 Å². The van der Waals surface area contributed by atoms with Gasteiger partial charge in [0.15, 0.2) is 5.11 Å². The van der Waals surface area contributed by atoms with E-state index in [2.05, 4.69) is 50.0 Å². The second-order valence-corrected chi connectivity index (χ2v) is 9.74. The minimum atomic E-state index is -0.500. The Hall–Kier alpha value is -2.70. The Morgan fingerprint density at radius 2 is 1.97 bits per heavy atom. The lowest BCUT2D eigenvalue weighted by Gasteiger charge is -2.47. The van der Waals surface area contributed by atoms with Crippen LogP contribution in [0.4, 0.5) is 11.4 Å². The van der Waals surface area contributed by atoms with E-state index in [0.717, 1.165) is 18.5 Å². The first kappa shape index (κ1) is 22.5. The Morgan fingerprint density at radius 1 is 1.22 bits per heavy atom. The van der Waals surface area contributed by atoms with Gasteiger partial charge in [-0.05, 0) is 92.9 Å². The van der Waals surface area contributed by atoms with Crippen LogP contribution >= 0.6 is 23.8 Å². The first-order valence-corrected chi connectivity index (χ1v) is 11.5. The maximum atomic E-state index is 13.3. The van der Waals surface area contributed by atoms with E-state index in [-0.39, 0.29) is 16.2 Å². The van der Waals surface area contributed by atoms with Gasteiger partial charge >= 0.3 is 0 Å². The predicted octanol–water partition coefficient (Wildman–Crippen LogP) is 5.28. The van der Waals surface area contributed by atoms with Crippen molar-refractivity contribution in [1.82, 2.24) is 5.32 Å². The van der Waals surface area contributed by atoms with Gasteiger partial charge in [-0.1, -0.05) is 30.7 Å². The zero-order valence-corrected chi connectivity index (χ0v) is 20.2. The van der Waals surface area contributed by atoms with Crippen molar-refractivity contribution in [3.8, 4) is 0 Å². The molecule has 1 unspecified atom stereocenters. The zero-order chi connectivity index (χ0) is 23.2. The molecule has 0 bridgehead atoms. The topological polar surface area (TPSA) is 52.7 Å². The van der Waals surface area contributed by atoms with Gasteiger partial charge in [0, 0.05) is 22.8 Å². The molecule has 2 aliphatic heterocycles.